The minimum Gasteiger partial charge on any atom is -0.463 e. The molecular weight excluding hydrogens is 626 g/mol. The highest BCUT2D eigenvalue weighted by atomic mass is 35.5. The van der Waals surface area contributed by atoms with Crippen LogP contribution in [-0.2, 0) is 33.3 Å². The van der Waals surface area contributed by atoms with E-state index in [4.69, 9.17) is 53.8 Å². The second-order valence-electron chi connectivity index (χ2n) is 8.78. The minimum absolute atomic E-state index is 0.0362. The van der Waals surface area contributed by atoms with Crippen molar-refractivity contribution >= 4 is 64.5 Å². The first-order chi connectivity index (χ1) is 19.4. The molecule has 0 bridgehead atoms. The van der Waals surface area contributed by atoms with Gasteiger partial charge < -0.3 is 18.9 Å². The number of nitrogens with zero attached hydrogens (tertiary/aromatic N) is 4. The molecular formula is C25H22Cl3FN4O7S. The molecule has 0 radical (unpaired) electrons. The zero-order valence-electron chi connectivity index (χ0n) is 21.6. The van der Waals surface area contributed by atoms with Crippen LogP contribution in [0.15, 0.2) is 41.7 Å². The molecule has 41 heavy (non-hydrogen) atoms. The summed E-state index contributed by atoms with van der Waals surface area (Å²) in [6.45, 7) is 3.30. The normalized spacial score (nSPS) is 22.2. The van der Waals surface area contributed by atoms with Crippen molar-refractivity contribution in [2.24, 2.45) is 0 Å². The molecule has 16 heteroatoms. The number of halogens is 4. The fraction of sp³-hybridized carbons (Fsp3) is 0.360. The molecule has 1 aromatic carbocycles. The number of benzene rings is 1. The highest BCUT2D eigenvalue weighted by Crippen LogP contribution is 2.42. The van der Waals surface area contributed by atoms with Crippen LogP contribution in [-0.4, -0.2) is 68.2 Å². The molecule has 3 heterocycles. The largest absolute Gasteiger partial charge is 0.463 e. The van der Waals surface area contributed by atoms with Crippen LogP contribution < -0.4 is 0 Å². The highest BCUT2D eigenvalue weighted by Gasteiger charge is 2.52. The van der Waals surface area contributed by atoms with Crippen molar-refractivity contribution in [3.8, 4) is 11.3 Å². The maximum absolute atomic E-state index is 14.3. The van der Waals surface area contributed by atoms with Gasteiger partial charge in [-0.1, -0.05) is 51.8 Å². The number of ether oxygens (including phenoxy) is 4. The molecule has 218 valence electrons. The molecule has 1 aliphatic heterocycles. The molecule has 1 aliphatic rings. The van der Waals surface area contributed by atoms with Crippen molar-refractivity contribution in [1.82, 2.24) is 20.0 Å². The van der Waals surface area contributed by atoms with E-state index in [1.54, 1.807) is 6.07 Å². The zero-order valence-corrected chi connectivity index (χ0v) is 24.7. The number of aromatic nitrogens is 4. The van der Waals surface area contributed by atoms with E-state index in [-0.39, 0.29) is 27.9 Å². The number of carbonyl (C=O) groups excluding carboxylic acids is 3. The first-order valence-corrected chi connectivity index (χ1v) is 13.9. The molecule has 1 saturated heterocycles. The van der Waals surface area contributed by atoms with Crippen molar-refractivity contribution in [3.63, 3.8) is 0 Å². The fourth-order valence-corrected chi connectivity index (χ4v) is 5.82. The van der Waals surface area contributed by atoms with Gasteiger partial charge in [0.2, 0.25) is 0 Å². The lowest BCUT2D eigenvalue weighted by molar-refractivity contribution is -0.212. The van der Waals surface area contributed by atoms with Gasteiger partial charge in [0.15, 0.2) is 12.2 Å². The Morgan fingerprint density at radius 2 is 1.73 bits per heavy atom. The molecule has 2 aromatic heterocycles. The van der Waals surface area contributed by atoms with Gasteiger partial charge in [-0.3, -0.25) is 19.4 Å². The van der Waals surface area contributed by atoms with Crippen LogP contribution in [0.25, 0.3) is 11.3 Å². The predicted octanol–water partition coefficient (Wildman–Crippen LogP) is 4.92. The Hall–Kier alpha value is -2.97. The van der Waals surface area contributed by atoms with E-state index in [0.29, 0.717) is 9.92 Å². The van der Waals surface area contributed by atoms with Crippen molar-refractivity contribution in [3.05, 3.63) is 57.7 Å². The highest BCUT2D eigenvalue weighted by molar-refractivity contribution is 7.99. The third-order valence-electron chi connectivity index (χ3n) is 5.70. The Morgan fingerprint density at radius 1 is 1.02 bits per heavy atom. The van der Waals surface area contributed by atoms with Gasteiger partial charge in [-0.25, -0.2) is 9.07 Å². The Labute approximate surface area is 252 Å². The lowest BCUT2D eigenvalue weighted by Gasteiger charge is -2.44. The van der Waals surface area contributed by atoms with Gasteiger partial charge in [0.05, 0.1) is 21.3 Å². The summed E-state index contributed by atoms with van der Waals surface area (Å²) in [6, 6.07) is 3.13. The average molecular weight is 648 g/mol. The number of rotatable bonds is 8. The molecule has 0 saturated carbocycles. The monoisotopic (exact) mass is 646 g/mol. The molecule has 11 nitrogen and oxygen atoms in total. The number of pyridine rings is 1. The summed E-state index contributed by atoms with van der Waals surface area (Å²) < 4.78 is 38.4. The topological polar surface area (TPSA) is 132 Å². The van der Waals surface area contributed by atoms with E-state index < -0.39 is 53.5 Å². The van der Waals surface area contributed by atoms with Gasteiger partial charge in [-0.15, -0.1) is 5.10 Å². The average Bonchev–Trinajstić information content (AvgIpc) is 3.37. The first kappa shape index (κ1) is 31.0. The predicted molar refractivity (Wildman–Crippen MR) is 146 cm³/mol. The maximum Gasteiger partial charge on any atom is 0.303 e. The van der Waals surface area contributed by atoms with E-state index in [0.717, 1.165) is 17.8 Å². The summed E-state index contributed by atoms with van der Waals surface area (Å²) in [4.78, 5) is 40.8. The van der Waals surface area contributed by atoms with Crippen molar-refractivity contribution in [2.75, 3.05) is 6.61 Å². The molecule has 4 rings (SSSR count). The van der Waals surface area contributed by atoms with Gasteiger partial charge >= 0.3 is 17.9 Å². The van der Waals surface area contributed by atoms with Crippen LogP contribution >= 0.6 is 46.6 Å². The smallest absolute Gasteiger partial charge is 0.303 e. The molecule has 0 amide bonds. The summed E-state index contributed by atoms with van der Waals surface area (Å²) in [5, 5.41) is 8.37. The SMILES string of the molecule is CC(=O)OCC1OC(Sc2cncc(Cl)c2)C(OC(C)=O)C(n2cc(-c3cc(F)c(Cl)c(Cl)c3)nn2)C1OC(C)=O. The third kappa shape index (κ3) is 7.66. The lowest BCUT2D eigenvalue weighted by Crippen LogP contribution is -2.57. The molecule has 0 spiro atoms. The van der Waals surface area contributed by atoms with E-state index >= 15 is 0 Å². The van der Waals surface area contributed by atoms with Crippen LogP contribution in [0.4, 0.5) is 4.39 Å². The molecule has 5 atom stereocenters. The summed E-state index contributed by atoms with van der Waals surface area (Å²) in [6.07, 6.45) is 1.08. The quantitative estimate of drug-likeness (QED) is 0.187. The van der Waals surface area contributed by atoms with Crippen molar-refractivity contribution in [1.29, 1.82) is 0 Å². The van der Waals surface area contributed by atoms with Crippen LogP contribution in [0.1, 0.15) is 26.8 Å². The van der Waals surface area contributed by atoms with E-state index in [2.05, 4.69) is 15.3 Å². The maximum atomic E-state index is 14.3. The number of hydrogen-bond donors (Lipinski definition) is 0. The number of hydrogen-bond acceptors (Lipinski definition) is 11. The standard InChI is InChI=1S/C25H22Cl3FN4O7S/c1-11(34)37-10-20-23(38-12(2)35)22(33-9-19(31-32-33)14-4-17(27)21(28)18(29)5-14)24(39-13(3)36)25(40-20)41-16-6-15(26)7-30-8-16/h4-9,20,22-25H,10H2,1-3H3. The van der Waals surface area contributed by atoms with Crippen molar-refractivity contribution in [2.45, 2.75) is 55.5 Å². The summed E-state index contributed by atoms with van der Waals surface area (Å²) in [5.41, 5.74) is -0.501. The summed E-state index contributed by atoms with van der Waals surface area (Å²) in [7, 11) is 0. The lowest BCUT2D eigenvalue weighted by atomic mass is 9.96. The molecule has 0 N–H and O–H groups in total. The number of thioether (sulfide) groups is 1. The third-order valence-corrected chi connectivity index (χ3v) is 7.79. The van der Waals surface area contributed by atoms with Gasteiger partial charge in [0.1, 0.15) is 35.7 Å². The Kier molecular flexibility index (Phi) is 10.1. The molecule has 0 aliphatic carbocycles. The van der Waals surface area contributed by atoms with Gasteiger partial charge in [-0.2, -0.15) is 0 Å². The van der Waals surface area contributed by atoms with Crippen LogP contribution in [0.5, 0.6) is 0 Å². The second kappa shape index (κ2) is 13.3. The van der Waals surface area contributed by atoms with Crippen LogP contribution in [0.3, 0.4) is 0 Å². The van der Waals surface area contributed by atoms with Crippen molar-refractivity contribution < 1.29 is 37.7 Å². The summed E-state index contributed by atoms with van der Waals surface area (Å²) >= 11 is 19.1. The zero-order chi connectivity index (χ0) is 29.8. The first-order valence-electron chi connectivity index (χ1n) is 11.9. The Bertz CT molecular complexity index is 1440. The summed E-state index contributed by atoms with van der Waals surface area (Å²) in [5.74, 6) is -2.71. The molecule has 1 fully saturated rings. The fourth-order valence-electron chi connectivity index (χ4n) is 4.13. The van der Waals surface area contributed by atoms with Crippen LogP contribution in [0.2, 0.25) is 15.1 Å². The number of carbonyl (C=O) groups is 3. The van der Waals surface area contributed by atoms with E-state index in [9.17, 15) is 18.8 Å². The van der Waals surface area contributed by atoms with Crippen LogP contribution in [0, 0.1) is 5.82 Å². The molecule has 3 aromatic rings. The second-order valence-corrected chi connectivity index (χ2v) is 11.2. The Balaban J connectivity index is 1.82. The minimum atomic E-state index is -1.18. The van der Waals surface area contributed by atoms with Gasteiger partial charge in [-0.05, 0) is 18.2 Å². The number of esters is 3. The van der Waals surface area contributed by atoms with E-state index in [1.807, 2.05) is 0 Å². The Morgan fingerprint density at radius 3 is 2.37 bits per heavy atom. The van der Waals surface area contributed by atoms with E-state index in [1.165, 1.54) is 50.1 Å². The van der Waals surface area contributed by atoms with Gasteiger partial charge in [0.25, 0.3) is 0 Å². The van der Waals surface area contributed by atoms with Gasteiger partial charge in [0, 0.05) is 43.6 Å². The molecule has 5 unspecified atom stereocenters.